The summed E-state index contributed by atoms with van der Waals surface area (Å²) in [6.07, 6.45) is 3.53. The number of ether oxygens (including phenoxy) is 1. The maximum Gasteiger partial charge on any atom is 0.351 e. The molecule has 1 aromatic carbocycles. The predicted octanol–water partition coefficient (Wildman–Crippen LogP) is 3.32. The highest BCUT2D eigenvalue weighted by Gasteiger charge is 2.30. The third-order valence-corrected chi connectivity index (χ3v) is 5.62. The van der Waals surface area contributed by atoms with Crippen molar-refractivity contribution in [1.29, 1.82) is 5.26 Å². The average Bonchev–Trinajstić information content (AvgIpc) is 2.75. The van der Waals surface area contributed by atoms with Crippen LogP contribution in [0.15, 0.2) is 40.5 Å². The molecule has 0 saturated carbocycles. The van der Waals surface area contributed by atoms with Crippen LogP contribution in [0, 0.1) is 17.2 Å². The van der Waals surface area contributed by atoms with Crippen LogP contribution >= 0.6 is 0 Å². The Labute approximate surface area is 172 Å². The van der Waals surface area contributed by atoms with Crippen LogP contribution < -0.4 is 11.1 Å². The number of hydrogen-bond acceptors (Lipinski definition) is 7. The Bertz CT molecular complexity index is 843. The first-order valence-corrected chi connectivity index (χ1v) is 10.3. The quantitative estimate of drug-likeness (QED) is 0.450. The number of benzene rings is 1. The van der Waals surface area contributed by atoms with Gasteiger partial charge in [-0.3, -0.25) is 0 Å². The number of esters is 1. The highest BCUT2D eigenvalue weighted by atomic mass is 16.5. The van der Waals surface area contributed by atoms with Crippen LogP contribution in [0.4, 0.5) is 11.4 Å². The van der Waals surface area contributed by atoms with E-state index in [1.807, 2.05) is 24.3 Å². The fourth-order valence-electron chi connectivity index (χ4n) is 3.55. The molecule has 1 saturated heterocycles. The molecular weight excluding hydrogens is 366 g/mol. The molecule has 2 aliphatic rings. The van der Waals surface area contributed by atoms with Crippen LogP contribution in [0.1, 0.15) is 39.5 Å². The number of carbonyl (C=O) groups excluding carboxylic acids is 1. The van der Waals surface area contributed by atoms with Gasteiger partial charge in [-0.25, -0.2) is 9.79 Å². The Balaban J connectivity index is 1.94. The van der Waals surface area contributed by atoms with Crippen molar-refractivity contribution in [1.82, 2.24) is 4.90 Å². The van der Waals surface area contributed by atoms with Gasteiger partial charge in [-0.05, 0) is 30.9 Å². The van der Waals surface area contributed by atoms with Crippen molar-refractivity contribution in [2.75, 3.05) is 25.0 Å². The first kappa shape index (κ1) is 20.9. The number of aliphatic imine (C=N–C) groups is 1. The van der Waals surface area contributed by atoms with Gasteiger partial charge in [0.2, 0.25) is 0 Å². The summed E-state index contributed by atoms with van der Waals surface area (Å²) >= 11 is 0. The lowest BCUT2D eigenvalue weighted by atomic mass is 10.0. The lowest BCUT2D eigenvalue weighted by molar-refractivity contribution is -0.140. The molecule has 2 heterocycles. The first-order chi connectivity index (χ1) is 14.1. The Hall–Kier alpha value is -2.85. The summed E-state index contributed by atoms with van der Waals surface area (Å²) in [6, 6.07) is 9.81. The Morgan fingerprint density at radius 3 is 2.69 bits per heavy atom. The highest BCUT2D eigenvalue weighted by Crippen LogP contribution is 2.33. The maximum atomic E-state index is 12.8. The van der Waals surface area contributed by atoms with Gasteiger partial charge in [-0.1, -0.05) is 38.8 Å². The number of anilines is 1. The van der Waals surface area contributed by atoms with Gasteiger partial charge in [0.1, 0.15) is 11.8 Å². The van der Waals surface area contributed by atoms with E-state index in [0.717, 1.165) is 50.1 Å². The van der Waals surface area contributed by atoms with E-state index < -0.39 is 5.97 Å². The zero-order valence-electron chi connectivity index (χ0n) is 17.1. The number of nitrogens with zero attached hydrogens (tertiary/aromatic N) is 3. The minimum Gasteiger partial charge on any atom is -0.461 e. The molecule has 1 aromatic rings. The molecular formula is C22H29N5O2. The molecule has 7 heteroatoms. The molecule has 0 atom stereocenters. The largest absolute Gasteiger partial charge is 0.461 e. The molecule has 0 amide bonds. The first-order valence-electron chi connectivity index (χ1n) is 10.3. The van der Waals surface area contributed by atoms with Gasteiger partial charge >= 0.3 is 5.97 Å². The van der Waals surface area contributed by atoms with E-state index in [-0.39, 0.29) is 11.6 Å². The van der Waals surface area contributed by atoms with Crippen LogP contribution in [0.5, 0.6) is 0 Å². The molecule has 154 valence electrons. The zero-order chi connectivity index (χ0) is 20.8. The van der Waals surface area contributed by atoms with Crippen LogP contribution in [0.2, 0.25) is 0 Å². The molecule has 0 spiro atoms. The van der Waals surface area contributed by atoms with Gasteiger partial charge in [0.05, 0.1) is 18.0 Å². The van der Waals surface area contributed by atoms with Gasteiger partial charge in [0.25, 0.3) is 0 Å². The van der Waals surface area contributed by atoms with Crippen molar-refractivity contribution >= 4 is 23.2 Å². The third-order valence-electron chi connectivity index (χ3n) is 5.62. The second-order valence-corrected chi connectivity index (χ2v) is 7.54. The number of nitrogens with two attached hydrogens (primary N) is 1. The van der Waals surface area contributed by atoms with Crippen molar-refractivity contribution in [2.24, 2.45) is 16.6 Å². The Morgan fingerprint density at radius 2 is 2.03 bits per heavy atom. The van der Waals surface area contributed by atoms with Crippen molar-refractivity contribution in [3.05, 3.63) is 35.5 Å². The molecule has 0 aliphatic carbocycles. The van der Waals surface area contributed by atoms with Crippen LogP contribution in [0.3, 0.4) is 0 Å². The average molecular weight is 396 g/mol. The number of rotatable bonds is 5. The lowest BCUT2D eigenvalue weighted by Gasteiger charge is -2.35. The number of likely N-dealkylation sites (tertiary alicyclic amines) is 1. The van der Waals surface area contributed by atoms with Gasteiger partial charge < -0.3 is 20.7 Å². The number of fused-ring (bicyclic) bond motifs is 1. The molecule has 1 fully saturated rings. The normalized spacial score (nSPS) is 18.4. The van der Waals surface area contributed by atoms with Crippen LogP contribution in [0.25, 0.3) is 0 Å². The van der Waals surface area contributed by atoms with E-state index in [0.29, 0.717) is 24.1 Å². The van der Waals surface area contributed by atoms with E-state index in [9.17, 15) is 10.1 Å². The molecule has 0 bridgehead atoms. The molecule has 29 heavy (non-hydrogen) atoms. The van der Waals surface area contributed by atoms with Gasteiger partial charge in [0.15, 0.2) is 11.4 Å². The number of para-hydroxylation sites is 2. The Morgan fingerprint density at radius 1 is 1.34 bits per heavy atom. The van der Waals surface area contributed by atoms with Gasteiger partial charge in [-0.2, -0.15) is 5.26 Å². The molecule has 3 N–H and O–H groups in total. The highest BCUT2D eigenvalue weighted by molar-refractivity contribution is 6.12. The molecule has 3 rings (SSSR count). The molecule has 0 aromatic heterocycles. The van der Waals surface area contributed by atoms with E-state index in [1.54, 1.807) is 0 Å². The van der Waals surface area contributed by atoms with Gasteiger partial charge in [0, 0.05) is 19.1 Å². The van der Waals surface area contributed by atoms with E-state index in [2.05, 4.69) is 30.1 Å². The van der Waals surface area contributed by atoms with E-state index >= 15 is 0 Å². The fourth-order valence-corrected chi connectivity index (χ4v) is 3.55. The summed E-state index contributed by atoms with van der Waals surface area (Å²) in [4.78, 5) is 19.6. The fraction of sp³-hybridized carbons (Fsp3) is 0.500. The monoisotopic (exact) mass is 395 g/mol. The maximum absolute atomic E-state index is 12.8. The number of piperidine rings is 1. The predicted molar refractivity (Wildman–Crippen MR) is 114 cm³/mol. The van der Waals surface area contributed by atoms with Crippen LogP contribution in [-0.4, -0.2) is 42.4 Å². The number of nitrogens with one attached hydrogen (secondary N) is 1. The SMILES string of the molecule is CCC(CC)COC(=O)/C(C#N)=C1\Nc2ccccc2N=C1N1CCC(N)CC1. The summed E-state index contributed by atoms with van der Waals surface area (Å²) < 4.78 is 5.48. The molecule has 0 radical (unpaired) electrons. The molecule has 0 unspecified atom stereocenters. The summed E-state index contributed by atoms with van der Waals surface area (Å²) in [7, 11) is 0. The third kappa shape index (κ3) is 4.77. The van der Waals surface area contributed by atoms with Crippen LogP contribution in [-0.2, 0) is 9.53 Å². The van der Waals surface area contributed by atoms with Crippen molar-refractivity contribution in [3.8, 4) is 6.07 Å². The van der Waals surface area contributed by atoms with Gasteiger partial charge in [-0.15, -0.1) is 0 Å². The summed E-state index contributed by atoms with van der Waals surface area (Å²) in [5.41, 5.74) is 7.96. The minimum atomic E-state index is -0.609. The Kier molecular flexibility index (Phi) is 6.89. The van der Waals surface area contributed by atoms with Crippen molar-refractivity contribution < 1.29 is 9.53 Å². The number of amidine groups is 1. The smallest absolute Gasteiger partial charge is 0.351 e. The number of carbonyl (C=O) groups is 1. The number of hydrogen-bond donors (Lipinski definition) is 2. The second kappa shape index (κ2) is 9.57. The lowest BCUT2D eigenvalue weighted by Crippen LogP contribution is -2.45. The molecule has 2 aliphatic heterocycles. The zero-order valence-corrected chi connectivity index (χ0v) is 17.1. The summed E-state index contributed by atoms with van der Waals surface area (Å²) in [5.74, 6) is 0.287. The van der Waals surface area contributed by atoms with Crippen molar-refractivity contribution in [2.45, 2.75) is 45.6 Å². The molecule has 7 nitrogen and oxygen atoms in total. The van der Waals surface area contributed by atoms with Crippen molar-refractivity contribution in [3.63, 3.8) is 0 Å². The summed E-state index contributed by atoms with van der Waals surface area (Å²) in [5, 5.41) is 13.0. The summed E-state index contributed by atoms with van der Waals surface area (Å²) in [6.45, 7) is 5.91. The second-order valence-electron chi connectivity index (χ2n) is 7.54. The topological polar surface area (TPSA) is 104 Å². The number of nitriles is 1. The van der Waals surface area contributed by atoms with E-state index in [4.69, 9.17) is 15.5 Å². The minimum absolute atomic E-state index is 0.0425. The standard InChI is InChI=1S/C22H29N5O2/c1-3-15(4-2)14-29-22(28)17(13-23)20-21(27-11-9-16(24)10-12-27)26-19-8-6-5-7-18(19)25-20/h5-8,15-16,25H,3-4,9-12,14,24H2,1-2H3/b20-17-. The van der Waals surface area contributed by atoms with E-state index in [1.165, 1.54) is 0 Å².